The fraction of sp³-hybridized carbons (Fsp3) is 0.538. The smallest absolute Gasteiger partial charge is 0.0411 e. The average Bonchev–Trinajstić information content (AvgIpc) is 2.72. The van der Waals surface area contributed by atoms with Gasteiger partial charge < -0.3 is 0 Å². The molecule has 0 radical (unpaired) electrons. The molecule has 0 aliphatic heterocycles. The van der Waals surface area contributed by atoms with E-state index in [2.05, 4.69) is 42.8 Å². The fourth-order valence-electron chi connectivity index (χ4n) is 2.17. The van der Waals surface area contributed by atoms with Gasteiger partial charge in [-0.15, -0.1) is 0 Å². The highest BCUT2D eigenvalue weighted by molar-refractivity contribution is 7.80. The van der Waals surface area contributed by atoms with Crippen molar-refractivity contribution in [3.63, 3.8) is 0 Å². The summed E-state index contributed by atoms with van der Waals surface area (Å²) in [7, 11) is 2.11. The summed E-state index contributed by atoms with van der Waals surface area (Å²) in [5.74, 6) is 0.838. The lowest BCUT2D eigenvalue weighted by Crippen LogP contribution is -2.19. The largest absolute Gasteiger partial charge is 0.297 e. The maximum absolute atomic E-state index is 4.25. The molecule has 1 aromatic carbocycles. The van der Waals surface area contributed by atoms with Crippen molar-refractivity contribution in [2.75, 3.05) is 19.5 Å². The summed E-state index contributed by atoms with van der Waals surface area (Å²) in [6.45, 7) is 1.10. The van der Waals surface area contributed by atoms with Crippen LogP contribution in [0.15, 0.2) is 18.2 Å². The Labute approximate surface area is 97.9 Å². The highest BCUT2D eigenvalue weighted by Gasteiger charge is 2.10. The predicted octanol–water partition coefficient (Wildman–Crippen LogP) is 2.54. The van der Waals surface area contributed by atoms with E-state index in [1.54, 1.807) is 11.1 Å². The van der Waals surface area contributed by atoms with E-state index in [0.717, 1.165) is 18.8 Å². The van der Waals surface area contributed by atoms with Crippen molar-refractivity contribution in [2.45, 2.75) is 25.7 Å². The van der Waals surface area contributed by atoms with Crippen LogP contribution in [0.3, 0.4) is 0 Å². The summed E-state index contributed by atoms with van der Waals surface area (Å²) >= 11 is 4.25. The van der Waals surface area contributed by atoms with Gasteiger partial charge in [-0.05, 0) is 49.4 Å². The molecule has 1 aromatic rings. The second-order valence-electron chi connectivity index (χ2n) is 4.43. The van der Waals surface area contributed by atoms with Gasteiger partial charge in [-0.1, -0.05) is 18.2 Å². The minimum atomic E-state index is 0.838. The Morgan fingerprint density at radius 3 is 2.87 bits per heavy atom. The predicted molar refractivity (Wildman–Crippen MR) is 68.7 cm³/mol. The zero-order valence-corrected chi connectivity index (χ0v) is 10.3. The van der Waals surface area contributed by atoms with Gasteiger partial charge in [-0.3, -0.25) is 4.90 Å². The van der Waals surface area contributed by atoms with Crippen LogP contribution in [0.5, 0.6) is 0 Å². The number of hydrogen-bond acceptors (Lipinski definition) is 2. The first-order chi connectivity index (χ1) is 7.29. The van der Waals surface area contributed by atoms with Crippen molar-refractivity contribution in [1.29, 1.82) is 0 Å². The number of nitrogens with zero attached hydrogens (tertiary/aromatic N) is 1. The van der Waals surface area contributed by atoms with Crippen LogP contribution >= 0.6 is 12.6 Å². The summed E-state index contributed by atoms with van der Waals surface area (Å²) in [5, 5.41) is 0. The van der Waals surface area contributed by atoms with Gasteiger partial charge in [0.1, 0.15) is 0 Å². The molecule has 1 aliphatic rings. The summed E-state index contributed by atoms with van der Waals surface area (Å²) in [6, 6.07) is 7.00. The van der Waals surface area contributed by atoms with Crippen molar-refractivity contribution < 1.29 is 0 Å². The van der Waals surface area contributed by atoms with Crippen LogP contribution in [0, 0.1) is 0 Å². The first kappa shape index (κ1) is 11.0. The third-order valence-electron chi connectivity index (χ3n) is 3.19. The Hall–Kier alpha value is -0.470. The minimum absolute atomic E-state index is 0.838. The summed E-state index contributed by atoms with van der Waals surface area (Å²) in [4.78, 5) is 2.23. The molecule has 0 fully saturated rings. The quantitative estimate of drug-likeness (QED) is 0.604. The van der Waals surface area contributed by atoms with Crippen LogP contribution in [-0.2, 0) is 19.3 Å². The van der Waals surface area contributed by atoms with Crippen LogP contribution in [-0.4, -0.2) is 24.4 Å². The second kappa shape index (κ2) is 5.04. The molecule has 15 heavy (non-hydrogen) atoms. The maximum atomic E-state index is 4.25. The van der Waals surface area contributed by atoms with Crippen molar-refractivity contribution in [2.24, 2.45) is 0 Å². The van der Waals surface area contributed by atoms with Gasteiger partial charge in [-0.2, -0.15) is 12.6 Å². The second-order valence-corrected chi connectivity index (χ2v) is 4.71. The molecule has 2 heteroatoms. The Balaban J connectivity index is 1.98. The van der Waals surface area contributed by atoms with Gasteiger partial charge in [0.05, 0.1) is 0 Å². The molecule has 1 aliphatic carbocycles. The third kappa shape index (κ3) is 2.76. The first-order valence-corrected chi connectivity index (χ1v) is 6.33. The lowest BCUT2D eigenvalue weighted by Gasteiger charge is -2.13. The molecule has 0 amide bonds. The van der Waals surface area contributed by atoms with E-state index in [1.165, 1.54) is 24.8 Å². The zero-order valence-electron chi connectivity index (χ0n) is 9.37. The van der Waals surface area contributed by atoms with Crippen molar-refractivity contribution in [3.8, 4) is 0 Å². The van der Waals surface area contributed by atoms with E-state index in [4.69, 9.17) is 0 Å². The van der Waals surface area contributed by atoms with Gasteiger partial charge in [0.25, 0.3) is 0 Å². The molecule has 0 N–H and O–H groups in total. The summed E-state index contributed by atoms with van der Waals surface area (Å²) < 4.78 is 0. The molecular formula is C13H19NS. The summed E-state index contributed by atoms with van der Waals surface area (Å²) in [5.41, 5.74) is 4.63. The highest BCUT2D eigenvalue weighted by Crippen LogP contribution is 2.22. The molecule has 0 aromatic heterocycles. The standard InChI is InChI=1S/C13H19NS/c1-14(10-15)8-7-11-5-6-12-3-2-4-13(12)9-11/h5-6,9,15H,2-4,7-8,10H2,1H3. The van der Waals surface area contributed by atoms with Gasteiger partial charge >= 0.3 is 0 Å². The molecule has 0 saturated carbocycles. The SMILES string of the molecule is CN(CS)CCc1ccc2c(c1)CCC2. The molecule has 0 unspecified atom stereocenters. The number of likely N-dealkylation sites (N-methyl/N-ethyl adjacent to an activating group) is 1. The lowest BCUT2D eigenvalue weighted by molar-refractivity contribution is 0.399. The van der Waals surface area contributed by atoms with Gasteiger partial charge in [0.2, 0.25) is 0 Å². The monoisotopic (exact) mass is 221 g/mol. The van der Waals surface area contributed by atoms with Crippen LogP contribution < -0.4 is 0 Å². The number of fused-ring (bicyclic) bond motifs is 1. The average molecular weight is 221 g/mol. The van der Waals surface area contributed by atoms with Crippen LogP contribution in [0.4, 0.5) is 0 Å². The Kier molecular flexibility index (Phi) is 3.71. The number of thiol groups is 1. The van der Waals surface area contributed by atoms with Gasteiger partial charge in [0, 0.05) is 12.4 Å². The number of hydrogen-bond donors (Lipinski definition) is 1. The minimum Gasteiger partial charge on any atom is -0.297 e. The van der Waals surface area contributed by atoms with Gasteiger partial charge in [-0.25, -0.2) is 0 Å². The number of aryl methyl sites for hydroxylation is 2. The Bertz CT molecular complexity index is 335. The zero-order chi connectivity index (χ0) is 10.7. The van der Waals surface area contributed by atoms with E-state index in [-0.39, 0.29) is 0 Å². The van der Waals surface area contributed by atoms with E-state index in [9.17, 15) is 0 Å². The molecule has 0 bridgehead atoms. The summed E-state index contributed by atoms with van der Waals surface area (Å²) in [6.07, 6.45) is 5.05. The number of rotatable bonds is 4. The molecular weight excluding hydrogens is 202 g/mol. The van der Waals surface area contributed by atoms with Gasteiger partial charge in [0.15, 0.2) is 0 Å². The van der Waals surface area contributed by atoms with E-state index in [0.29, 0.717) is 0 Å². The molecule has 0 heterocycles. The third-order valence-corrected chi connectivity index (χ3v) is 3.67. The molecule has 0 atom stereocenters. The Morgan fingerprint density at radius 1 is 1.27 bits per heavy atom. The molecule has 82 valence electrons. The highest BCUT2D eigenvalue weighted by atomic mass is 32.1. The van der Waals surface area contributed by atoms with Crippen LogP contribution in [0.2, 0.25) is 0 Å². The van der Waals surface area contributed by atoms with Crippen LogP contribution in [0.25, 0.3) is 0 Å². The normalized spacial score (nSPS) is 14.6. The van der Waals surface area contributed by atoms with E-state index in [1.807, 2.05) is 0 Å². The maximum Gasteiger partial charge on any atom is 0.0411 e. The van der Waals surface area contributed by atoms with Crippen molar-refractivity contribution in [1.82, 2.24) is 4.90 Å². The molecule has 0 saturated heterocycles. The van der Waals surface area contributed by atoms with E-state index < -0.39 is 0 Å². The first-order valence-electron chi connectivity index (χ1n) is 5.69. The van der Waals surface area contributed by atoms with E-state index >= 15 is 0 Å². The lowest BCUT2D eigenvalue weighted by atomic mass is 10.0. The molecule has 0 spiro atoms. The van der Waals surface area contributed by atoms with Crippen molar-refractivity contribution >= 4 is 12.6 Å². The molecule has 1 nitrogen and oxygen atoms in total. The van der Waals surface area contributed by atoms with Crippen molar-refractivity contribution in [3.05, 3.63) is 34.9 Å². The molecule has 2 rings (SSSR count). The van der Waals surface area contributed by atoms with Crippen LogP contribution in [0.1, 0.15) is 23.1 Å². The number of benzene rings is 1. The fourth-order valence-corrected chi connectivity index (χ4v) is 2.31. The topological polar surface area (TPSA) is 3.24 Å². The Morgan fingerprint density at radius 2 is 2.07 bits per heavy atom.